The summed E-state index contributed by atoms with van der Waals surface area (Å²) in [6, 6.07) is 14.5. The number of carboxylic acids is 1. The molecule has 5 heteroatoms. The number of hydrogen-bond donors (Lipinski definition) is 2. The maximum Gasteiger partial charge on any atom is 0.328 e. The Labute approximate surface area is 135 Å². The monoisotopic (exact) mass is 401 g/mol. The summed E-state index contributed by atoms with van der Waals surface area (Å²) in [4.78, 5) is 11.7. The molecule has 0 radical (unpaired) electrons. The zero-order chi connectivity index (χ0) is 14.8. The number of hydrogen-bond acceptors (Lipinski definition) is 2. The van der Waals surface area contributed by atoms with E-state index in [0.717, 1.165) is 9.13 Å². The van der Waals surface area contributed by atoms with Crippen molar-refractivity contribution in [3.63, 3.8) is 0 Å². The van der Waals surface area contributed by atoms with Gasteiger partial charge >= 0.3 is 5.97 Å². The minimum Gasteiger partial charge on any atom is -0.480 e. The second-order valence-corrected chi connectivity index (χ2v) is 6.22. The van der Waals surface area contributed by atoms with Gasteiger partial charge in [-0.05, 0) is 40.3 Å². The van der Waals surface area contributed by atoms with Gasteiger partial charge in [-0.15, -0.1) is 0 Å². The van der Waals surface area contributed by atoms with E-state index in [2.05, 4.69) is 22.6 Å². The van der Waals surface area contributed by atoms with Crippen LogP contribution in [0.15, 0.2) is 48.5 Å². The van der Waals surface area contributed by atoms with E-state index in [1.54, 1.807) is 18.2 Å². The lowest BCUT2D eigenvalue weighted by atomic mass is 9.85. The summed E-state index contributed by atoms with van der Waals surface area (Å²) in [6.07, 6.45) is 0.184. The highest BCUT2D eigenvalue weighted by Crippen LogP contribution is 2.31. The molecule has 0 saturated carbocycles. The average Bonchev–Trinajstić information content (AvgIpc) is 2.39. The Bertz CT molecular complexity index is 633. The normalized spacial score (nSPS) is 13.8. The number of rotatable bonds is 4. The van der Waals surface area contributed by atoms with Crippen molar-refractivity contribution in [2.75, 3.05) is 0 Å². The van der Waals surface area contributed by atoms with E-state index in [-0.39, 0.29) is 6.42 Å². The van der Waals surface area contributed by atoms with E-state index < -0.39 is 11.5 Å². The minimum atomic E-state index is -1.54. The highest BCUT2D eigenvalue weighted by molar-refractivity contribution is 14.1. The van der Waals surface area contributed by atoms with Crippen molar-refractivity contribution in [3.05, 3.63) is 68.3 Å². The fraction of sp³-hybridized carbons (Fsp3) is 0.133. The van der Waals surface area contributed by atoms with E-state index >= 15 is 0 Å². The van der Waals surface area contributed by atoms with Crippen molar-refractivity contribution in [1.29, 1.82) is 0 Å². The number of aliphatic carboxylic acids is 1. The number of carboxylic acid groups (broad SMARTS) is 1. The third-order valence-corrected chi connectivity index (χ3v) is 4.10. The van der Waals surface area contributed by atoms with Gasteiger partial charge in [-0.3, -0.25) is 0 Å². The molecule has 20 heavy (non-hydrogen) atoms. The van der Waals surface area contributed by atoms with Crippen LogP contribution in [0, 0.1) is 3.57 Å². The molecule has 0 heterocycles. The van der Waals surface area contributed by atoms with E-state index in [1.165, 1.54) is 0 Å². The molecule has 0 spiro atoms. The third-order valence-electron chi connectivity index (χ3n) is 3.12. The summed E-state index contributed by atoms with van der Waals surface area (Å²) in [6.45, 7) is 0. The lowest BCUT2D eigenvalue weighted by molar-refractivity contribution is -0.143. The summed E-state index contributed by atoms with van der Waals surface area (Å²) < 4.78 is 0.934. The molecule has 104 valence electrons. The molecule has 3 N–H and O–H groups in total. The largest absolute Gasteiger partial charge is 0.480 e. The molecule has 2 aromatic rings. The van der Waals surface area contributed by atoms with Crippen LogP contribution in [0.2, 0.25) is 5.02 Å². The third kappa shape index (κ3) is 3.13. The van der Waals surface area contributed by atoms with Crippen LogP contribution in [-0.2, 0) is 16.8 Å². The Kier molecular flexibility index (Phi) is 4.67. The number of benzene rings is 2. The van der Waals surface area contributed by atoms with E-state index in [4.69, 9.17) is 17.3 Å². The number of carbonyl (C=O) groups is 1. The molecule has 0 fully saturated rings. The maximum absolute atomic E-state index is 11.7. The van der Waals surface area contributed by atoms with Crippen molar-refractivity contribution in [2.45, 2.75) is 12.0 Å². The first kappa shape index (κ1) is 15.3. The van der Waals surface area contributed by atoms with Gasteiger partial charge in [0, 0.05) is 20.6 Å². The highest BCUT2D eigenvalue weighted by atomic mass is 127. The van der Waals surface area contributed by atoms with Gasteiger partial charge < -0.3 is 10.8 Å². The predicted molar refractivity (Wildman–Crippen MR) is 87.8 cm³/mol. The molecule has 0 aliphatic carbocycles. The lowest BCUT2D eigenvalue weighted by Gasteiger charge is -2.26. The number of nitrogens with two attached hydrogens (primary N) is 1. The van der Waals surface area contributed by atoms with Crippen molar-refractivity contribution in [1.82, 2.24) is 0 Å². The summed E-state index contributed by atoms with van der Waals surface area (Å²) in [5, 5.41) is 9.93. The molecule has 0 aromatic heterocycles. The van der Waals surface area contributed by atoms with Gasteiger partial charge in [0.15, 0.2) is 0 Å². The van der Waals surface area contributed by atoms with Crippen LogP contribution in [0.3, 0.4) is 0 Å². The van der Waals surface area contributed by atoms with Crippen LogP contribution in [0.4, 0.5) is 0 Å². The molecule has 2 aromatic carbocycles. The molecule has 0 aliphatic rings. The van der Waals surface area contributed by atoms with Gasteiger partial charge in [0.1, 0.15) is 5.54 Å². The quantitative estimate of drug-likeness (QED) is 0.772. The van der Waals surface area contributed by atoms with Gasteiger partial charge in [-0.25, -0.2) is 4.79 Å². The Balaban J connectivity index is 2.47. The van der Waals surface area contributed by atoms with Gasteiger partial charge in [-0.2, -0.15) is 0 Å². The Morgan fingerprint density at radius 3 is 2.45 bits per heavy atom. The first-order valence-corrected chi connectivity index (χ1v) is 7.41. The molecular formula is C15H13ClINO2. The van der Waals surface area contributed by atoms with Gasteiger partial charge in [0.25, 0.3) is 0 Å². The van der Waals surface area contributed by atoms with Crippen molar-refractivity contribution < 1.29 is 9.90 Å². The smallest absolute Gasteiger partial charge is 0.328 e. The van der Waals surface area contributed by atoms with Crippen molar-refractivity contribution >= 4 is 40.2 Å². The molecule has 2 rings (SSSR count). The fourth-order valence-corrected chi connectivity index (χ4v) is 3.08. The summed E-state index contributed by atoms with van der Waals surface area (Å²) in [7, 11) is 0. The molecule has 0 aliphatic heterocycles. The van der Waals surface area contributed by atoms with Gasteiger partial charge in [0.2, 0.25) is 0 Å². The second kappa shape index (κ2) is 6.11. The van der Waals surface area contributed by atoms with Crippen molar-refractivity contribution in [2.24, 2.45) is 5.73 Å². The van der Waals surface area contributed by atoms with Gasteiger partial charge in [-0.1, -0.05) is 48.0 Å². The summed E-state index contributed by atoms with van der Waals surface area (Å²) >= 11 is 8.29. The molecule has 0 bridgehead atoms. The fourth-order valence-electron chi connectivity index (χ4n) is 2.06. The van der Waals surface area contributed by atoms with Crippen LogP contribution in [0.1, 0.15) is 11.1 Å². The van der Waals surface area contributed by atoms with E-state index in [1.807, 2.05) is 30.3 Å². The summed E-state index contributed by atoms with van der Waals surface area (Å²) in [5.41, 5.74) is 5.90. The van der Waals surface area contributed by atoms with Crippen molar-refractivity contribution in [3.8, 4) is 0 Å². The zero-order valence-corrected chi connectivity index (χ0v) is 13.4. The SMILES string of the molecule is NC(Cc1ccccc1)(C(=O)O)c1ccc(I)cc1Cl. The molecule has 0 saturated heterocycles. The maximum atomic E-state index is 11.7. The van der Waals surface area contributed by atoms with E-state index in [0.29, 0.717) is 10.6 Å². The van der Waals surface area contributed by atoms with Crippen LogP contribution < -0.4 is 5.73 Å². The Morgan fingerprint density at radius 1 is 1.25 bits per heavy atom. The first-order valence-electron chi connectivity index (χ1n) is 5.95. The summed E-state index contributed by atoms with van der Waals surface area (Å²) in [5.74, 6) is -1.09. The minimum absolute atomic E-state index is 0.184. The molecule has 3 nitrogen and oxygen atoms in total. The van der Waals surface area contributed by atoms with Crippen LogP contribution in [0.5, 0.6) is 0 Å². The van der Waals surface area contributed by atoms with Crippen LogP contribution >= 0.6 is 34.2 Å². The van der Waals surface area contributed by atoms with Crippen LogP contribution in [0.25, 0.3) is 0 Å². The first-order chi connectivity index (χ1) is 9.43. The molecule has 1 unspecified atom stereocenters. The number of halogens is 2. The average molecular weight is 402 g/mol. The van der Waals surface area contributed by atoms with Crippen LogP contribution in [-0.4, -0.2) is 11.1 Å². The van der Waals surface area contributed by atoms with Gasteiger partial charge in [0.05, 0.1) is 0 Å². The molecule has 0 amide bonds. The highest BCUT2D eigenvalue weighted by Gasteiger charge is 2.38. The second-order valence-electron chi connectivity index (χ2n) is 4.56. The topological polar surface area (TPSA) is 63.3 Å². The lowest BCUT2D eigenvalue weighted by Crippen LogP contribution is -2.47. The Hall–Kier alpha value is -1.11. The molecular weight excluding hydrogens is 389 g/mol. The molecule has 1 atom stereocenters. The predicted octanol–water partition coefficient (Wildman–Crippen LogP) is 3.43. The standard InChI is InChI=1S/C15H13ClINO2/c16-13-8-11(17)6-7-12(13)15(18,14(19)20)9-10-4-2-1-3-5-10/h1-8H,9,18H2,(H,19,20). The zero-order valence-electron chi connectivity index (χ0n) is 10.5. The van der Waals surface area contributed by atoms with E-state index in [9.17, 15) is 9.90 Å². The Morgan fingerprint density at radius 2 is 1.90 bits per heavy atom.